The summed E-state index contributed by atoms with van der Waals surface area (Å²) in [5, 5.41) is 0. The van der Waals surface area contributed by atoms with Gasteiger partial charge >= 0.3 is 0 Å². The Morgan fingerprint density at radius 1 is 1.06 bits per heavy atom. The number of aryl methyl sites for hydroxylation is 1. The molecule has 7 heteroatoms. The summed E-state index contributed by atoms with van der Waals surface area (Å²) in [5.41, 5.74) is 0.953. The van der Waals surface area contributed by atoms with Crippen LogP contribution in [0.25, 0.3) is 0 Å². The molecule has 0 aliphatic carbocycles. The van der Waals surface area contributed by atoms with E-state index < -0.39 is 19.9 Å². The Balaban J connectivity index is 3.32. The highest BCUT2D eigenvalue weighted by Gasteiger charge is 2.16. The van der Waals surface area contributed by atoms with E-state index in [4.69, 9.17) is 0 Å². The molecule has 0 N–H and O–H groups in total. The summed E-state index contributed by atoms with van der Waals surface area (Å²) < 4.78 is 40.5. The van der Waals surface area contributed by atoms with E-state index in [1.54, 1.807) is 12.1 Å². The van der Waals surface area contributed by atoms with Crippen molar-refractivity contribution < 1.29 is 12.6 Å². The van der Waals surface area contributed by atoms with Gasteiger partial charge in [0.1, 0.15) is 9.92 Å². The second kappa shape index (κ2) is 4.75. The van der Waals surface area contributed by atoms with Crippen molar-refractivity contribution in [2.24, 2.45) is 3.77 Å². The third-order valence-electron chi connectivity index (χ3n) is 2.23. The fourth-order valence-corrected chi connectivity index (χ4v) is 3.82. The normalized spacial score (nSPS) is 15.6. The molecule has 1 unspecified atom stereocenters. The van der Waals surface area contributed by atoms with Gasteiger partial charge in [0.25, 0.3) is 10.0 Å². The molecule has 17 heavy (non-hydrogen) atoms. The lowest BCUT2D eigenvalue weighted by molar-refractivity contribution is 0.588. The van der Waals surface area contributed by atoms with Crippen molar-refractivity contribution in [3.05, 3.63) is 29.8 Å². The number of rotatable bonds is 3. The van der Waals surface area contributed by atoms with Crippen LogP contribution in [0.3, 0.4) is 0 Å². The Morgan fingerprint density at radius 2 is 1.53 bits per heavy atom. The van der Waals surface area contributed by atoms with E-state index in [-0.39, 0.29) is 4.90 Å². The van der Waals surface area contributed by atoms with Crippen molar-refractivity contribution >= 4 is 19.9 Å². The van der Waals surface area contributed by atoms with Gasteiger partial charge in [0.05, 0.1) is 4.90 Å². The Labute approximate surface area is 103 Å². The zero-order valence-electron chi connectivity index (χ0n) is 10.2. The van der Waals surface area contributed by atoms with Crippen molar-refractivity contribution in [2.75, 3.05) is 20.4 Å². The highest BCUT2D eigenvalue weighted by atomic mass is 32.3. The van der Waals surface area contributed by atoms with Crippen molar-refractivity contribution in [3.63, 3.8) is 0 Å². The molecule has 96 valence electrons. The quantitative estimate of drug-likeness (QED) is 0.834. The molecule has 0 heterocycles. The standard InChI is InChI=1S/C10H16N2O3S2/c1-9-5-7-10(8-6-9)17(14,15)11-16(4,13)12(2)3/h5-8H,1-4H3. The first-order valence-corrected chi connectivity index (χ1v) is 8.20. The molecule has 0 saturated carbocycles. The van der Waals surface area contributed by atoms with E-state index >= 15 is 0 Å². The SMILES string of the molecule is Cc1ccc(S(=O)(=O)N=S(C)(=O)N(C)C)cc1. The minimum absolute atomic E-state index is 0.0551. The molecule has 0 fully saturated rings. The lowest BCUT2D eigenvalue weighted by atomic mass is 10.2. The molecule has 0 amide bonds. The van der Waals surface area contributed by atoms with E-state index in [9.17, 15) is 12.6 Å². The van der Waals surface area contributed by atoms with E-state index in [0.717, 1.165) is 5.56 Å². The van der Waals surface area contributed by atoms with E-state index in [1.165, 1.54) is 36.8 Å². The smallest absolute Gasteiger partial charge is 0.233 e. The average Bonchev–Trinajstić information content (AvgIpc) is 2.16. The first-order valence-electron chi connectivity index (χ1n) is 4.88. The topological polar surface area (TPSA) is 66.8 Å². The maximum absolute atomic E-state index is 11.9. The average molecular weight is 276 g/mol. The predicted octanol–water partition coefficient (Wildman–Crippen LogP) is 1.26. The van der Waals surface area contributed by atoms with Gasteiger partial charge in [-0.3, -0.25) is 0 Å². The molecule has 0 aliphatic rings. The minimum Gasteiger partial charge on any atom is -0.233 e. The number of hydrogen-bond acceptors (Lipinski definition) is 3. The van der Waals surface area contributed by atoms with Gasteiger partial charge in [-0.15, -0.1) is 0 Å². The second-order valence-electron chi connectivity index (χ2n) is 3.94. The molecular formula is C10H16N2O3S2. The predicted molar refractivity (Wildman–Crippen MR) is 68.5 cm³/mol. The molecular weight excluding hydrogens is 260 g/mol. The molecule has 0 spiro atoms. The molecule has 5 nitrogen and oxygen atoms in total. The van der Waals surface area contributed by atoms with Crippen LogP contribution in [0.1, 0.15) is 5.56 Å². The number of benzene rings is 1. The summed E-state index contributed by atoms with van der Waals surface area (Å²) in [4.78, 5) is 0.0551. The van der Waals surface area contributed by atoms with Crippen molar-refractivity contribution in [1.29, 1.82) is 0 Å². The van der Waals surface area contributed by atoms with Crippen molar-refractivity contribution in [1.82, 2.24) is 4.31 Å². The summed E-state index contributed by atoms with van der Waals surface area (Å²) in [6.45, 7) is 1.86. The lowest BCUT2D eigenvalue weighted by Gasteiger charge is -2.11. The molecule has 1 aromatic carbocycles. The summed E-state index contributed by atoms with van der Waals surface area (Å²) in [6.07, 6.45) is 1.29. The first-order chi connectivity index (χ1) is 7.65. The summed E-state index contributed by atoms with van der Waals surface area (Å²) in [7, 11) is -3.72. The van der Waals surface area contributed by atoms with Crippen LogP contribution in [-0.2, 0) is 19.9 Å². The van der Waals surface area contributed by atoms with Crippen LogP contribution in [-0.4, -0.2) is 37.3 Å². The van der Waals surface area contributed by atoms with Gasteiger partial charge < -0.3 is 0 Å². The lowest BCUT2D eigenvalue weighted by Crippen LogP contribution is -2.21. The van der Waals surface area contributed by atoms with Crippen LogP contribution >= 0.6 is 0 Å². The van der Waals surface area contributed by atoms with Gasteiger partial charge in [0.15, 0.2) is 0 Å². The maximum atomic E-state index is 11.9. The van der Waals surface area contributed by atoms with Gasteiger partial charge in [0, 0.05) is 20.4 Å². The van der Waals surface area contributed by atoms with Gasteiger partial charge in [-0.25, -0.2) is 8.51 Å². The zero-order chi connectivity index (χ0) is 13.3. The fourth-order valence-electron chi connectivity index (χ4n) is 1.00. The Bertz CT molecular complexity index is 609. The molecule has 1 aromatic rings. The van der Waals surface area contributed by atoms with Gasteiger partial charge in [-0.05, 0) is 19.1 Å². The van der Waals surface area contributed by atoms with Crippen LogP contribution in [0, 0.1) is 6.92 Å². The third kappa shape index (κ3) is 3.52. The van der Waals surface area contributed by atoms with Gasteiger partial charge in [-0.1, -0.05) is 21.5 Å². The van der Waals surface area contributed by atoms with Crippen LogP contribution in [0.5, 0.6) is 0 Å². The van der Waals surface area contributed by atoms with Crippen molar-refractivity contribution in [3.8, 4) is 0 Å². The van der Waals surface area contributed by atoms with Crippen molar-refractivity contribution in [2.45, 2.75) is 11.8 Å². The minimum atomic E-state index is -3.87. The summed E-state index contributed by atoms with van der Waals surface area (Å²) in [5.74, 6) is 0. The second-order valence-corrected chi connectivity index (χ2v) is 8.21. The maximum Gasteiger partial charge on any atom is 0.291 e. The number of nitrogens with zero attached hydrogens (tertiary/aromatic N) is 2. The summed E-state index contributed by atoms with van der Waals surface area (Å²) in [6, 6.07) is 6.27. The fraction of sp³-hybridized carbons (Fsp3) is 0.400. The molecule has 0 saturated heterocycles. The van der Waals surface area contributed by atoms with E-state index in [0.29, 0.717) is 0 Å². The molecule has 1 atom stereocenters. The molecule has 0 aromatic heterocycles. The molecule has 0 radical (unpaired) electrons. The number of hydrogen-bond donors (Lipinski definition) is 0. The Morgan fingerprint density at radius 3 is 1.94 bits per heavy atom. The third-order valence-corrected chi connectivity index (χ3v) is 6.35. The van der Waals surface area contributed by atoms with Gasteiger partial charge in [-0.2, -0.15) is 8.42 Å². The first kappa shape index (κ1) is 14.1. The monoisotopic (exact) mass is 276 g/mol. The largest absolute Gasteiger partial charge is 0.291 e. The van der Waals surface area contributed by atoms with Gasteiger partial charge in [0.2, 0.25) is 0 Å². The molecule has 0 bridgehead atoms. The van der Waals surface area contributed by atoms with Crippen LogP contribution in [0.15, 0.2) is 32.9 Å². The van der Waals surface area contributed by atoms with E-state index in [2.05, 4.69) is 3.77 Å². The highest BCUT2D eigenvalue weighted by molar-refractivity contribution is 8.01. The number of sulfonamides is 1. The molecule has 1 rings (SSSR count). The van der Waals surface area contributed by atoms with Crippen LogP contribution in [0.2, 0.25) is 0 Å². The highest BCUT2D eigenvalue weighted by Crippen LogP contribution is 2.15. The Kier molecular flexibility index (Phi) is 3.95. The van der Waals surface area contributed by atoms with Crippen LogP contribution < -0.4 is 0 Å². The molecule has 0 aliphatic heterocycles. The zero-order valence-corrected chi connectivity index (χ0v) is 11.9. The Hall–Kier alpha value is -0.920. The summed E-state index contributed by atoms with van der Waals surface area (Å²) >= 11 is 0. The van der Waals surface area contributed by atoms with E-state index in [1.807, 2.05) is 6.92 Å². The van der Waals surface area contributed by atoms with Crippen LogP contribution in [0.4, 0.5) is 0 Å².